The molecule has 0 bridgehead atoms. The van der Waals surface area contributed by atoms with Crippen molar-refractivity contribution in [2.75, 3.05) is 9.80 Å². The van der Waals surface area contributed by atoms with Gasteiger partial charge in [0, 0.05) is 38.9 Å². The van der Waals surface area contributed by atoms with Crippen LogP contribution in [0.2, 0.25) is 0 Å². The summed E-state index contributed by atoms with van der Waals surface area (Å²) in [7, 11) is 0. The van der Waals surface area contributed by atoms with Gasteiger partial charge in [0.05, 0.1) is 11.4 Å². The Labute approximate surface area is 353 Å². The highest BCUT2D eigenvalue weighted by molar-refractivity contribution is 6.30. The van der Waals surface area contributed by atoms with E-state index in [1.807, 2.05) is 0 Å². The molecule has 10 aromatic rings. The molecule has 1 aliphatic carbocycles. The second-order valence-corrected chi connectivity index (χ2v) is 17.7. The van der Waals surface area contributed by atoms with E-state index < -0.39 is 0 Å². The fourth-order valence-electron chi connectivity index (χ4n) is 10.2. The topological polar surface area (TPSA) is 6.48 Å². The zero-order valence-electron chi connectivity index (χ0n) is 35.3. The second kappa shape index (κ2) is 14.0. The summed E-state index contributed by atoms with van der Waals surface area (Å²) in [6, 6.07) is 62.2. The first-order valence-electron chi connectivity index (χ1n) is 21.8. The maximum absolute atomic E-state index is 2.58. The molecule has 292 valence electrons. The lowest BCUT2D eigenvalue weighted by atomic mass is 9.70. The molecule has 0 atom stereocenters. The molecule has 10 aromatic carbocycles. The predicted octanol–water partition coefficient (Wildman–Crippen LogP) is 16.5. The minimum absolute atomic E-state index is 0.00796. The molecule has 0 saturated heterocycles. The molecule has 60 heavy (non-hydrogen) atoms. The third kappa shape index (κ3) is 5.76. The summed E-state index contributed by atoms with van der Waals surface area (Å²) >= 11 is 0. The van der Waals surface area contributed by atoms with Crippen molar-refractivity contribution in [3.63, 3.8) is 0 Å². The number of rotatable bonds is 8. The average Bonchev–Trinajstić information content (AvgIpc) is 3.29. The maximum atomic E-state index is 2.58. The third-order valence-corrected chi connectivity index (χ3v) is 13.7. The first kappa shape index (κ1) is 36.4. The minimum Gasteiger partial charge on any atom is -0.310 e. The van der Waals surface area contributed by atoms with Crippen LogP contribution in [0.25, 0.3) is 53.9 Å². The van der Waals surface area contributed by atoms with Gasteiger partial charge in [-0.3, -0.25) is 0 Å². The largest absolute Gasteiger partial charge is 0.310 e. The highest BCUT2D eigenvalue weighted by Gasteiger charge is 2.33. The van der Waals surface area contributed by atoms with Gasteiger partial charge in [-0.25, -0.2) is 0 Å². The molecule has 11 rings (SSSR count). The molecule has 0 spiro atoms. The van der Waals surface area contributed by atoms with Gasteiger partial charge in [-0.2, -0.15) is 0 Å². The van der Waals surface area contributed by atoms with Crippen LogP contribution < -0.4 is 9.80 Å². The fourth-order valence-corrected chi connectivity index (χ4v) is 10.2. The van der Waals surface area contributed by atoms with Crippen LogP contribution in [0, 0.1) is 6.92 Å². The lowest BCUT2D eigenvalue weighted by Crippen LogP contribution is -2.24. The highest BCUT2D eigenvalue weighted by atomic mass is 15.1. The van der Waals surface area contributed by atoms with Crippen LogP contribution in [0.15, 0.2) is 164 Å². The molecule has 0 N–H and O–H groups in total. The monoisotopic (exact) mass is 774 g/mol. The molecule has 0 saturated carbocycles. The van der Waals surface area contributed by atoms with Crippen molar-refractivity contribution in [2.45, 2.75) is 65.7 Å². The van der Waals surface area contributed by atoms with Crippen molar-refractivity contribution in [3.8, 4) is 0 Å². The van der Waals surface area contributed by atoms with Crippen LogP contribution in [0.1, 0.15) is 61.9 Å². The third-order valence-electron chi connectivity index (χ3n) is 13.7. The molecule has 0 aliphatic heterocycles. The van der Waals surface area contributed by atoms with Gasteiger partial charge < -0.3 is 9.80 Å². The van der Waals surface area contributed by atoms with E-state index in [2.05, 4.69) is 208 Å². The van der Waals surface area contributed by atoms with Gasteiger partial charge in [-0.05, 0) is 170 Å². The van der Waals surface area contributed by atoms with E-state index in [0.717, 1.165) is 25.7 Å². The molecule has 1 aliphatic rings. The van der Waals surface area contributed by atoms with Gasteiger partial charge in [0.1, 0.15) is 0 Å². The van der Waals surface area contributed by atoms with E-state index in [1.54, 1.807) is 0 Å². The van der Waals surface area contributed by atoms with E-state index in [0.29, 0.717) is 0 Å². The Morgan fingerprint density at radius 1 is 0.450 bits per heavy atom. The van der Waals surface area contributed by atoms with E-state index in [1.165, 1.54) is 116 Å². The second-order valence-electron chi connectivity index (χ2n) is 17.7. The van der Waals surface area contributed by atoms with Crippen LogP contribution in [-0.2, 0) is 24.7 Å². The summed E-state index contributed by atoms with van der Waals surface area (Å²) in [5, 5.41) is 13.1. The zero-order valence-corrected chi connectivity index (χ0v) is 35.3. The van der Waals surface area contributed by atoms with Crippen molar-refractivity contribution in [3.05, 3.63) is 192 Å². The van der Waals surface area contributed by atoms with E-state index >= 15 is 0 Å². The summed E-state index contributed by atoms with van der Waals surface area (Å²) in [6.07, 6.45) is 4.16. The standard InChI is InChI=1S/C58H50N2/c1-6-38-16-22-45(23-17-38)59(47-26-20-40-12-8-10-14-42(40)33-47)53-32-37(3)49-28-29-50-54(35-44-30-31-58(4,5)52-36-51(53)56(49)57(50)55(44)52)60(46-24-18-39(7-2)19-25-46)48-27-21-41-13-9-11-15-43(41)34-48/h8-29,32-36H,6-7,30-31H2,1-5H3. The van der Waals surface area contributed by atoms with Gasteiger partial charge in [0.25, 0.3) is 0 Å². The minimum atomic E-state index is 0.00796. The SMILES string of the molecule is CCc1ccc(N(c2ccc3ccccc3c2)c2cc(C)c3ccc4c(N(c5ccc(CC)cc5)c5ccc6ccccc6c5)cc5c6c(cc2c3c46)C(C)(C)CC5)cc1. The first-order valence-corrected chi connectivity index (χ1v) is 21.8. The lowest BCUT2D eigenvalue weighted by molar-refractivity contribution is 0.475. The van der Waals surface area contributed by atoms with Gasteiger partial charge in [0.15, 0.2) is 0 Å². The highest BCUT2D eigenvalue weighted by Crippen LogP contribution is 2.54. The smallest absolute Gasteiger partial charge is 0.0543 e. The number of hydrogen-bond donors (Lipinski definition) is 0. The molecule has 0 radical (unpaired) electrons. The summed E-state index contributed by atoms with van der Waals surface area (Å²) < 4.78 is 0. The first-order chi connectivity index (χ1) is 29.3. The quantitative estimate of drug-likeness (QED) is 0.142. The number of aryl methyl sites for hydroxylation is 4. The molecule has 0 heterocycles. The van der Waals surface area contributed by atoms with Gasteiger partial charge in [-0.15, -0.1) is 0 Å². The van der Waals surface area contributed by atoms with Crippen molar-refractivity contribution in [1.82, 2.24) is 0 Å². The van der Waals surface area contributed by atoms with Crippen LogP contribution in [0.4, 0.5) is 34.1 Å². The Morgan fingerprint density at radius 3 is 1.50 bits per heavy atom. The maximum Gasteiger partial charge on any atom is 0.0543 e. The predicted molar refractivity (Wildman–Crippen MR) is 259 cm³/mol. The summed E-state index contributed by atoms with van der Waals surface area (Å²) in [6.45, 7) is 11.7. The van der Waals surface area contributed by atoms with E-state index in [4.69, 9.17) is 0 Å². The number of fused-ring (bicyclic) bond motifs is 2. The van der Waals surface area contributed by atoms with Crippen molar-refractivity contribution in [1.29, 1.82) is 0 Å². The van der Waals surface area contributed by atoms with Gasteiger partial charge >= 0.3 is 0 Å². The van der Waals surface area contributed by atoms with E-state index in [9.17, 15) is 0 Å². The number of hydrogen-bond acceptors (Lipinski definition) is 2. The van der Waals surface area contributed by atoms with E-state index in [-0.39, 0.29) is 5.41 Å². The summed E-state index contributed by atoms with van der Waals surface area (Å²) in [5.74, 6) is 0. The molecule has 0 unspecified atom stereocenters. The number of nitrogens with zero attached hydrogens (tertiary/aromatic N) is 2. The van der Waals surface area contributed by atoms with Crippen LogP contribution in [0.3, 0.4) is 0 Å². The van der Waals surface area contributed by atoms with Crippen LogP contribution in [0.5, 0.6) is 0 Å². The Hall–Kier alpha value is -6.64. The van der Waals surface area contributed by atoms with Gasteiger partial charge in [0.2, 0.25) is 0 Å². The summed E-state index contributed by atoms with van der Waals surface area (Å²) in [5.41, 5.74) is 14.0. The Morgan fingerprint density at radius 2 is 0.950 bits per heavy atom. The normalized spacial score (nSPS) is 13.6. The molecular formula is C58H50N2. The van der Waals surface area contributed by atoms with Crippen molar-refractivity contribution in [2.24, 2.45) is 0 Å². The summed E-state index contributed by atoms with van der Waals surface area (Å²) in [4.78, 5) is 5.05. The zero-order chi connectivity index (χ0) is 40.7. The van der Waals surface area contributed by atoms with Crippen LogP contribution >= 0.6 is 0 Å². The lowest BCUT2D eigenvalue weighted by Gasteiger charge is -2.37. The Bertz CT molecular complexity index is 3260. The van der Waals surface area contributed by atoms with Crippen LogP contribution in [-0.4, -0.2) is 0 Å². The molecular weight excluding hydrogens is 725 g/mol. The molecule has 2 heteroatoms. The van der Waals surface area contributed by atoms with Crippen molar-refractivity contribution < 1.29 is 0 Å². The Kier molecular flexibility index (Phi) is 8.50. The average molecular weight is 775 g/mol. The molecule has 0 fully saturated rings. The fraction of sp³-hybridized carbons (Fsp3) is 0.172. The van der Waals surface area contributed by atoms with Gasteiger partial charge in [-0.1, -0.05) is 125 Å². The molecule has 0 amide bonds. The Balaban J connectivity index is 1.25. The molecule has 0 aromatic heterocycles. The molecule has 2 nitrogen and oxygen atoms in total. The van der Waals surface area contributed by atoms with Crippen molar-refractivity contribution >= 4 is 88.0 Å². The number of anilines is 6. The number of benzene rings is 10.